The highest BCUT2D eigenvalue weighted by Gasteiger charge is 2.27. The molecule has 0 saturated heterocycles. The predicted molar refractivity (Wildman–Crippen MR) is 130 cm³/mol. The van der Waals surface area contributed by atoms with Gasteiger partial charge in [-0.15, -0.1) is 0 Å². The van der Waals surface area contributed by atoms with Gasteiger partial charge in [0.25, 0.3) is 0 Å². The maximum absolute atomic E-state index is 12.6. The first-order valence-electron chi connectivity index (χ1n) is 13.2. The Morgan fingerprint density at radius 1 is 0.839 bits per heavy atom. The summed E-state index contributed by atoms with van der Waals surface area (Å²) in [6, 6.07) is 8.14. The summed E-state index contributed by atoms with van der Waals surface area (Å²) in [6.07, 6.45) is 22.4. The monoisotopic (exact) mass is 424 g/mol. The van der Waals surface area contributed by atoms with Crippen molar-refractivity contribution >= 4 is 5.97 Å². The van der Waals surface area contributed by atoms with Crippen LogP contribution >= 0.6 is 0 Å². The number of rotatable bonds is 10. The zero-order chi connectivity index (χ0) is 21.9. The van der Waals surface area contributed by atoms with Crippen LogP contribution in [0.4, 0.5) is 0 Å². The Bertz CT molecular complexity index is 658. The third kappa shape index (κ3) is 8.13. The Labute approximate surface area is 190 Å². The van der Waals surface area contributed by atoms with Gasteiger partial charge < -0.3 is 4.74 Å². The van der Waals surface area contributed by atoms with Gasteiger partial charge in [-0.2, -0.15) is 0 Å². The lowest BCUT2D eigenvalue weighted by Gasteiger charge is -2.28. The smallest absolute Gasteiger partial charge is 0.314 e. The standard InChI is InChI=1S/C29H44O2/c1-3-5-6-8-24-17-21-28(22-18-24)31-29(30)27-19-15-26(16-20-27)14-13-25-11-9-23(7-4-2)10-12-25/h13-14,17-18,21-23,25-27H,3-12,15-16,19-20H2,1-2H3. The molecule has 31 heavy (non-hydrogen) atoms. The summed E-state index contributed by atoms with van der Waals surface area (Å²) in [5.74, 6) is 3.16. The largest absolute Gasteiger partial charge is 0.426 e. The zero-order valence-electron chi connectivity index (χ0n) is 20.0. The van der Waals surface area contributed by atoms with Gasteiger partial charge in [0.05, 0.1) is 5.92 Å². The Balaban J connectivity index is 1.36. The lowest BCUT2D eigenvalue weighted by Crippen LogP contribution is -2.25. The van der Waals surface area contributed by atoms with E-state index in [2.05, 4.69) is 38.1 Å². The number of carbonyl (C=O) groups is 1. The van der Waals surface area contributed by atoms with Crippen molar-refractivity contribution in [3.63, 3.8) is 0 Å². The summed E-state index contributed by atoms with van der Waals surface area (Å²) in [6.45, 7) is 4.54. The number of hydrogen-bond acceptors (Lipinski definition) is 2. The Morgan fingerprint density at radius 3 is 2.03 bits per heavy atom. The number of esters is 1. The molecular weight excluding hydrogens is 380 g/mol. The van der Waals surface area contributed by atoms with Crippen LogP contribution in [0.1, 0.15) is 103 Å². The molecule has 2 nitrogen and oxygen atoms in total. The number of ether oxygens (including phenoxy) is 1. The molecule has 0 atom stereocenters. The van der Waals surface area contributed by atoms with Gasteiger partial charge in [-0.05, 0) is 99.7 Å². The first kappa shape index (κ1) is 24.1. The number of allylic oxidation sites excluding steroid dienone is 2. The highest BCUT2D eigenvalue weighted by atomic mass is 16.5. The molecule has 0 heterocycles. The van der Waals surface area contributed by atoms with Crippen molar-refractivity contribution < 1.29 is 9.53 Å². The van der Waals surface area contributed by atoms with E-state index in [0.29, 0.717) is 11.7 Å². The molecule has 0 aliphatic heterocycles. The van der Waals surface area contributed by atoms with Crippen LogP contribution in [0.25, 0.3) is 0 Å². The molecular formula is C29H44O2. The first-order valence-corrected chi connectivity index (χ1v) is 13.2. The maximum Gasteiger partial charge on any atom is 0.314 e. The van der Waals surface area contributed by atoms with Crippen LogP contribution in [0.3, 0.4) is 0 Å². The molecule has 2 heteroatoms. The van der Waals surface area contributed by atoms with Crippen molar-refractivity contribution in [2.24, 2.45) is 23.7 Å². The van der Waals surface area contributed by atoms with Crippen LogP contribution in [0.2, 0.25) is 0 Å². The van der Waals surface area contributed by atoms with Crippen molar-refractivity contribution in [2.45, 2.75) is 104 Å². The summed E-state index contributed by atoms with van der Waals surface area (Å²) < 4.78 is 5.70. The topological polar surface area (TPSA) is 26.3 Å². The van der Waals surface area contributed by atoms with Crippen LogP contribution in [0, 0.1) is 23.7 Å². The third-order valence-electron chi connectivity index (χ3n) is 7.56. The second-order valence-corrected chi connectivity index (χ2v) is 10.1. The van der Waals surface area contributed by atoms with E-state index in [-0.39, 0.29) is 11.9 Å². The van der Waals surface area contributed by atoms with Gasteiger partial charge in [-0.25, -0.2) is 0 Å². The molecule has 0 unspecified atom stereocenters. The van der Waals surface area contributed by atoms with E-state index in [1.54, 1.807) is 0 Å². The summed E-state index contributed by atoms with van der Waals surface area (Å²) in [5.41, 5.74) is 1.33. The van der Waals surface area contributed by atoms with Crippen LogP contribution < -0.4 is 4.74 Å². The molecule has 2 aliphatic rings. The minimum atomic E-state index is -0.0320. The Morgan fingerprint density at radius 2 is 1.45 bits per heavy atom. The lowest BCUT2D eigenvalue weighted by atomic mass is 9.78. The van der Waals surface area contributed by atoms with Gasteiger partial charge in [0.1, 0.15) is 5.75 Å². The summed E-state index contributed by atoms with van der Waals surface area (Å²) >= 11 is 0. The van der Waals surface area contributed by atoms with Gasteiger partial charge in [-0.1, -0.05) is 63.8 Å². The average Bonchev–Trinajstić information content (AvgIpc) is 2.80. The quantitative estimate of drug-likeness (QED) is 0.163. The fourth-order valence-electron chi connectivity index (χ4n) is 5.44. The van der Waals surface area contributed by atoms with E-state index in [1.807, 2.05) is 12.1 Å². The van der Waals surface area contributed by atoms with Crippen molar-refractivity contribution in [3.05, 3.63) is 42.0 Å². The van der Waals surface area contributed by atoms with E-state index >= 15 is 0 Å². The molecule has 1 aromatic rings. The Hall–Kier alpha value is -1.57. The summed E-state index contributed by atoms with van der Waals surface area (Å²) in [4.78, 5) is 12.6. The molecule has 2 aliphatic carbocycles. The van der Waals surface area contributed by atoms with Crippen molar-refractivity contribution in [3.8, 4) is 5.75 Å². The van der Waals surface area contributed by atoms with Crippen LogP contribution in [0.5, 0.6) is 5.75 Å². The fourth-order valence-corrected chi connectivity index (χ4v) is 5.44. The molecule has 0 amide bonds. The zero-order valence-corrected chi connectivity index (χ0v) is 20.0. The molecule has 172 valence electrons. The first-order chi connectivity index (χ1) is 15.2. The highest BCUT2D eigenvalue weighted by molar-refractivity contribution is 5.75. The van der Waals surface area contributed by atoms with Crippen molar-refractivity contribution in [2.75, 3.05) is 0 Å². The van der Waals surface area contributed by atoms with Crippen molar-refractivity contribution in [1.29, 1.82) is 0 Å². The van der Waals surface area contributed by atoms with Crippen molar-refractivity contribution in [1.82, 2.24) is 0 Å². The summed E-state index contributed by atoms with van der Waals surface area (Å²) in [7, 11) is 0. The molecule has 1 aromatic carbocycles. The number of aryl methyl sites for hydroxylation is 1. The third-order valence-corrected chi connectivity index (χ3v) is 7.56. The number of hydrogen-bond donors (Lipinski definition) is 0. The van der Waals surface area contributed by atoms with Crippen LogP contribution in [-0.4, -0.2) is 5.97 Å². The maximum atomic E-state index is 12.6. The molecule has 0 aromatic heterocycles. The van der Waals surface area contributed by atoms with Gasteiger partial charge in [0.2, 0.25) is 0 Å². The molecule has 3 rings (SSSR count). The molecule has 0 N–H and O–H groups in total. The lowest BCUT2D eigenvalue weighted by molar-refractivity contribution is -0.140. The second kappa shape index (κ2) is 13.1. The number of unbranched alkanes of at least 4 members (excludes halogenated alkanes) is 2. The van der Waals surface area contributed by atoms with Gasteiger partial charge >= 0.3 is 5.97 Å². The van der Waals surface area contributed by atoms with Gasteiger partial charge in [0.15, 0.2) is 0 Å². The molecule has 0 bridgehead atoms. The minimum Gasteiger partial charge on any atom is -0.426 e. The van der Waals surface area contributed by atoms with E-state index in [9.17, 15) is 4.79 Å². The predicted octanol–water partition coefficient (Wildman–Crippen LogP) is 8.29. The van der Waals surface area contributed by atoms with Crippen LogP contribution in [-0.2, 0) is 11.2 Å². The van der Waals surface area contributed by atoms with Gasteiger partial charge in [-0.3, -0.25) is 4.79 Å². The number of benzene rings is 1. The fraction of sp³-hybridized carbons (Fsp3) is 0.690. The van der Waals surface area contributed by atoms with E-state index in [1.165, 1.54) is 63.4 Å². The SMILES string of the molecule is CCCCCc1ccc(OC(=O)C2CCC(C=CC3CCC(CCC)CC3)CC2)cc1. The second-order valence-electron chi connectivity index (χ2n) is 10.1. The minimum absolute atomic E-state index is 0.0320. The normalized spacial score (nSPS) is 26.8. The van der Waals surface area contributed by atoms with Crippen LogP contribution in [0.15, 0.2) is 36.4 Å². The molecule has 2 saturated carbocycles. The van der Waals surface area contributed by atoms with E-state index < -0.39 is 0 Å². The van der Waals surface area contributed by atoms with E-state index in [0.717, 1.165) is 43.9 Å². The number of carbonyl (C=O) groups excluding carboxylic acids is 1. The average molecular weight is 425 g/mol. The molecule has 0 radical (unpaired) electrons. The molecule has 0 spiro atoms. The van der Waals surface area contributed by atoms with E-state index in [4.69, 9.17) is 4.74 Å². The van der Waals surface area contributed by atoms with Gasteiger partial charge in [0, 0.05) is 0 Å². The Kier molecular flexibility index (Phi) is 10.2. The highest BCUT2D eigenvalue weighted by Crippen LogP contribution is 2.34. The summed E-state index contributed by atoms with van der Waals surface area (Å²) in [5, 5.41) is 0. The molecule has 2 fully saturated rings.